The smallest absolute Gasteiger partial charge is 0.144 e. The van der Waals surface area contributed by atoms with Crippen LogP contribution in [0.4, 0.5) is 17.1 Å². The Balaban J connectivity index is 0.938. The van der Waals surface area contributed by atoms with Crippen LogP contribution in [0.3, 0.4) is 0 Å². The number of anilines is 3. The molecule has 0 spiro atoms. The number of rotatable bonds is 6. The molecule has 3 nitrogen and oxygen atoms in total. The van der Waals surface area contributed by atoms with Gasteiger partial charge < -0.3 is 13.7 Å². The number of hydrogen-bond donors (Lipinski definition) is 0. The van der Waals surface area contributed by atoms with Gasteiger partial charge in [0.2, 0.25) is 0 Å². The van der Waals surface area contributed by atoms with Gasteiger partial charge in [-0.05, 0) is 101 Å². The molecule has 9 aromatic carbocycles. The van der Waals surface area contributed by atoms with E-state index in [1.54, 1.807) is 0 Å². The third-order valence-corrected chi connectivity index (χ3v) is 12.6. The van der Waals surface area contributed by atoms with Crippen LogP contribution >= 0.6 is 11.3 Å². The number of thiophene rings is 1. The molecule has 0 saturated heterocycles. The Morgan fingerprint density at radius 3 is 1.64 bits per heavy atom. The molecule has 0 aliphatic heterocycles. The predicted molar refractivity (Wildman–Crippen MR) is 245 cm³/mol. The number of fused-ring (bicyclic) bond motifs is 10. The maximum Gasteiger partial charge on any atom is 0.144 e. The van der Waals surface area contributed by atoms with Crippen LogP contribution in [0.25, 0.3) is 97.4 Å². The van der Waals surface area contributed by atoms with Crippen LogP contribution in [0, 0.1) is 0 Å². The molecule has 58 heavy (non-hydrogen) atoms. The quantitative estimate of drug-likeness (QED) is 0.169. The lowest BCUT2D eigenvalue weighted by atomic mass is 10.0. The van der Waals surface area contributed by atoms with E-state index in [2.05, 4.69) is 193 Å². The zero-order valence-electron chi connectivity index (χ0n) is 31.2. The molecule has 0 atom stereocenters. The average molecular weight is 760 g/mol. The van der Waals surface area contributed by atoms with Crippen molar-refractivity contribution in [2.24, 2.45) is 0 Å². The van der Waals surface area contributed by atoms with Crippen LogP contribution in [0.2, 0.25) is 0 Å². The van der Waals surface area contributed by atoms with Crippen molar-refractivity contribution in [1.82, 2.24) is 0 Å². The SMILES string of the molecule is c1ccc(-c2ccc(N(c3ccc(-c4ccc5c(c4)oc4ccccc45)cc3)c3ccc(-c4cccc5c4oc4c5ccc5sc6ccccc6c54)cc3)cc2)cc1. The first-order valence-electron chi connectivity index (χ1n) is 19.6. The molecule has 3 heterocycles. The first-order chi connectivity index (χ1) is 28.7. The number of benzene rings is 9. The minimum Gasteiger partial charge on any atom is -0.456 e. The zero-order valence-corrected chi connectivity index (χ0v) is 32.0. The second kappa shape index (κ2) is 13.1. The lowest BCUT2D eigenvalue weighted by Gasteiger charge is -2.26. The van der Waals surface area contributed by atoms with Crippen LogP contribution in [0.1, 0.15) is 0 Å². The minimum atomic E-state index is 0.898. The molecule has 4 heteroatoms. The van der Waals surface area contributed by atoms with Gasteiger partial charge in [0.25, 0.3) is 0 Å². The molecule has 0 amide bonds. The van der Waals surface area contributed by atoms with E-state index in [1.807, 2.05) is 23.5 Å². The molecule has 0 N–H and O–H groups in total. The number of hydrogen-bond acceptors (Lipinski definition) is 4. The van der Waals surface area contributed by atoms with E-state index in [9.17, 15) is 0 Å². The molecule has 12 rings (SSSR count). The maximum absolute atomic E-state index is 6.86. The van der Waals surface area contributed by atoms with Gasteiger partial charge in [0.1, 0.15) is 22.3 Å². The zero-order chi connectivity index (χ0) is 38.2. The van der Waals surface area contributed by atoms with E-state index in [0.717, 1.165) is 83.2 Å². The molecule has 12 aromatic rings. The van der Waals surface area contributed by atoms with Crippen molar-refractivity contribution in [2.45, 2.75) is 0 Å². The van der Waals surface area contributed by atoms with Crippen LogP contribution in [0.5, 0.6) is 0 Å². The Labute approximate surface area is 338 Å². The van der Waals surface area contributed by atoms with Gasteiger partial charge in [-0.2, -0.15) is 0 Å². The standard InChI is InChI=1S/C54H33NO2S/c1-2-9-34(10-3-1)35-17-24-39(25-18-35)55(40-26-19-36(20-27-40)38-23-30-44-43-11-4-6-15-48(43)56-49(44)33-38)41-28-21-37(22-29-41)42-13-8-14-45-46-31-32-51-52(54(46)57-53(42)45)47-12-5-7-16-50(47)58-51/h1-33H. The highest BCUT2D eigenvalue weighted by Gasteiger charge is 2.19. The van der Waals surface area contributed by atoms with Crippen LogP contribution in [-0.4, -0.2) is 0 Å². The third kappa shape index (κ3) is 5.27. The monoisotopic (exact) mass is 759 g/mol. The average Bonchev–Trinajstić information content (AvgIpc) is 3.98. The third-order valence-electron chi connectivity index (χ3n) is 11.5. The number of para-hydroxylation sites is 2. The van der Waals surface area contributed by atoms with E-state index < -0.39 is 0 Å². The Hall–Kier alpha value is -7.40. The minimum absolute atomic E-state index is 0.898. The van der Waals surface area contributed by atoms with Gasteiger partial charge in [-0.15, -0.1) is 11.3 Å². The Bertz CT molecular complexity index is 3480. The molecule has 3 aromatic heterocycles. The van der Waals surface area contributed by atoms with Crippen molar-refractivity contribution in [1.29, 1.82) is 0 Å². The molecule has 0 aliphatic carbocycles. The number of nitrogens with zero attached hydrogens (tertiary/aromatic N) is 1. The fourth-order valence-electron chi connectivity index (χ4n) is 8.67. The fraction of sp³-hybridized carbons (Fsp3) is 0. The summed E-state index contributed by atoms with van der Waals surface area (Å²) in [5.74, 6) is 0. The highest BCUT2D eigenvalue weighted by molar-refractivity contribution is 7.26. The van der Waals surface area contributed by atoms with E-state index in [4.69, 9.17) is 8.83 Å². The Morgan fingerprint density at radius 1 is 0.328 bits per heavy atom. The summed E-state index contributed by atoms with van der Waals surface area (Å²) in [5.41, 5.74) is 13.7. The van der Waals surface area contributed by atoms with Crippen molar-refractivity contribution < 1.29 is 8.83 Å². The second-order valence-corrected chi connectivity index (χ2v) is 15.9. The fourth-order valence-corrected chi connectivity index (χ4v) is 9.78. The predicted octanol–water partition coefficient (Wildman–Crippen LogP) is 16.3. The molecule has 0 bridgehead atoms. The molecule has 0 saturated carbocycles. The van der Waals surface area contributed by atoms with Crippen LogP contribution in [0.15, 0.2) is 209 Å². The highest BCUT2D eigenvalue weighted by Crippen LogP contribution is 2.45. The first-order valence-corrected chi connectivity index (χ1v) is 20.4. The largest absolute Gasteiger partial charge is 0.456 e. The van der Waals surface area contributed by atoms with Crippen molar-refractivity contribution in [3.63, 3.8) is 0 Å². The number of furan rings is 2. The van der Waals surface area contributed by atoms with E-state index in [1.165, 1.54) is 31.3 Å². The van der Waals surface area contributed by atoms with E-state index in [-0.39, 0.29) is 0 Å². The Kier molecular flexibility index (Phi) is 7.40. The van der Waals surface area contributed by atoms with E-state index >= 15 is 0 Å². The molecular formula is C54H33NO2S. The molecule has 0 aliphatic rings. The molecule has 0 fully saturated rings. The van der Waals surface area contributed by atoms with Gasteiger partial charge in [0.05, 0.1) is 0 Å². The summed E-state index contributed by atoms with van der Waals surface area (Å²) in [5, 5.41) is 7.00. The van der Waals surface area contributed by atoms with Crippen molar-refractivity contribution >= 4 is 92.4 Å². The topological polar surface area (TPSA) is 29.5 Å². The van der Waals surface area contributed by atoms with Crippen molar-refractivity contribution in [2.75, 3.05) is 4.90 Å². The molecule has 272 valence electrons. The van der Waals surface area contributed by atoms with Gasteiger partial charge in [-0.1, -0.05) is 127 Å². The molecule has 0 unspecified atom stereocenters. The van der Waals surface area contributed by atoms with Crippen molar-refractivity contribution in [3.8, 4) is 33.4 Å². The summed E-state index contributed by atoms with van der Waals surface area (Å²) in [6.07, 6.45) is 0. The maximum atomic E-state index is 6.86. The molecular weight excluding hydrogens is 727 g/mol. The normalized spacial score (nSPS) is 11.8. The second-order valence-electron chi connectivity index (χ2n) is 14.8. The van der Waals surface area contributed by atoms with Gasteiger partial charge in [-0.3, -0.25) is 0 Å². The summed E-state index contributed by atoms with van der Waals surface area (Å²) < 4.78 is 15.6. The van der Waals surface area contributed by atoms with Crippen LogP contribution < -0.4 is 4.90 Å². The molecule has 0 radical (unpaired) electrons. The summed E-state index contributed by atoms with van der Waals surface area (Å²) >= 11 is 1.82. The van der Waals surface area contributed by atoms with E-state index in [0.29, 0.717) is 0 Å². The van der Waals surface area contributed by atoms with Gasteiger partial charge in [0.15, 0.2) is 0 Å². The first kappa shape index (κ1) is 32.8. The van der Waals surface area contributed by atoms with Gasteiger partial charge >= 0.3 is 0 Å². The summed E-state index contributed by atoms with van der Waals surface area (Å²) in [7, 11) is 0. The lowest BCUT2D eigenvalue weighted by Crippen LogP contribution is -2.09. The summed E-state index contributed by atoms with van der Waals surface area (Å²) in [4.78, 5) is 2.32. The van der Waals surface area contributed by atoms with Gasteiger partial charge in [0, 0.05) is 64.3 Å². The summed E-state index contributed by atoms with van der Waals surface area (Å²) in [6.45, 7) is 0. The summed E-state index contributed by atoms with van der Waals surface area (Å²) in [6, 6.07) is 71.4. The lowest BCUT2D eigenvalue weighted by molar-refractivity contribution is 0.669. The van der Waals surface area contributed by atoms with Gasteiger partial charge in [-0.25, -0.2) is 0 Å². The Morgan fingerprint density at radius 2 is 0.879 bits per heavy atom. The van der Waals surface area contributed by atoms with Crippen molar-refractivity contribution in [3.05, 3.63) is 200 Å². The van der Waals surface area contributed by atoms with Crippen LogP contribution in [-0.2, 0) is 0 Å². The highest BCUT2D eigenvalue weighted by atomic mass is 32.1.